The van der Waals surface area contributed by atoms with Gasteiger partial charge in [0.25, 0.3) is 0 Å². The number of aliphatic hydroxyl groups is 2. The van der Waals surface area contributed by atoms with Crippen LogP contribution in [0.1, 0.15) is 245 Å². The third kappa shape index (κ3) is 38.3. The lowest BCUT2D eigenvalue weighted by atomic mass is 10.0. The highest BCUT2D eigenvalue weighted by atomic mass is 16.5. The molecule has 0 aliphatic heterocycles. The minimum Gasteiger partial charge on any atom is -0.466 e. The van der Waals surface area contributed by atoms with Crippen LogP contribution in [0.2, 0.25) is 0 Å². The number of unbranched alkanes of at least 4 members (excludes halogenated alkanes) is 29. The monoisotopic (exact) mass is 736 g/mol. The number of hydrogen-bond acceptors (Lipinski definition) is 5. The number of hydrogen-bond donors (Lipinski definition) is 3. The molecule has 308 valence electrons. The first-order chi connectivity index (χ1) is 25.5. The van der Waals surface area contributed by atoms with Crippen LogP contribution in [-0.2, 0) is 14.3 Å². The summed E-state index contributed by atoms with van der Waals surface area (Å²) >= 11 is 0. The van der Waals surface area contributed by atoms with Gasteiger partial charge in [0.05, 0.1) is 25.4 Å². The Bertz CT molecular complexity index is 772. The Morgan fingerprint density at radius 1 is 0.519 bits per heavy atom. The molecule has 6 nitrogen and oxygen atoms in total. The number of ether oxygens (including phenoxy) is 1. The molecule has 1 amide bonds. The number of carbonyl (C=O) groups excluding carboxylic acids is 2. The van der Waals surface area contributed by atoms with Crippen molar-refractivity contribution in [3.05, 3.63) is 12.2 Å². The molecule has 3 N–H and O–H groups in total. The Morgan fingerprint density at radius 2 is 0.923 bits per heavy atom. The number of allylic oxidation sites excluding steroid dienone is 2. The molecule has 2 atom stereocenters. The normalized spacial score (nSPS) is 12.8. The SMILES string of the molecule is CCCCCCCCCCCCCCCCC(O)C(CO)NC(=O)CCC/C=C\CCCCCCOC(=O)CCCCCCCCCCCCCC. The summed E-state index contributed by atoms with van der Waals surface area (Å²) in [6.07, 6.45) is 46.0. The Kier molecular flexibility index (Phi) is 41.2. The summed E-state index contributed by atoms with van der Waals surface area (Å²) in [6.45, 7) is 4.85. The molecule has 0 aromatic rings. The van der Waals surface area contributed by atoms with E-state index in [4.69, 9.17) is 4.74 Å². The van der Waals surface area contributed by atoms with Gasteiger partial charge < -0.3 is 20.3 Å². The van der Waals surface area contributed by atoms with E-state index in [9.17, 15) is 19.8 Å². The maximum atomic E-state index is 12.4. The van der Waals surface area contributed by atoms with Crippen molar-refractivity contribution >= 4 is 11.9 Å². The first-order valence-corrected chi connectivity index (χ1v) is 22.9. The summed E-state index contributed by atoms with van der Waals surface area (Å²) in [4.78, 5) is 24.4. The van der Waals surface area contributed by atoms with Gasteiger partial charge in [0, 0.05) is 12.8 Å². The van der Waals surface area contributed by atoms with Crippen molar-refractivity contribution < 1.29 is 24.5 Å². The van der Waals surface area contributed by atoms with E-state index >= 15 is 0 Å². The van der Waals surface area contributed by atoms with Gasteiger partial charge in [0.2, 0.25) is 5.91 Å². The van der Waals surface area contributed by atoms with Gasteiger partial charge in [-0.3, -0.25) is 9.59 Å². The van der Waals surface area contributed by atoms with Crippen LogP contribution in [0.15, 0.2) is 12.2 Å². The van der Waals surface area contributed by atoms with E-state index in [2.05, 4.69) is 31.3 Å². The summed E-state index contributed by atoms with van der Waals surface area (Å²) in [5.41, 5.74) is 0. The van der Waals surface area contributed by atoms with E-state index in [0.717, 1.165) is 70.6 Å². The first-order valence-electron chi connectivity index (χ1n) is 22.9. The molecule has 2 unspecified atom stereocenters. The summed E-state index contributed by atoms with van der Waals surface area (Å²) in [5, 5.41) is 23.1. The maximum Gasteiger partial charge on any atom is 0.305 e. The van der Waals surface area contributed by atoms with Crippen LogP contribution >= 0.6 is 0 Å². The van der Waals surface area contributed by atoms with Crippen LogP contribution in [-0.4, -0.2) is 47.4 Å². The quantitative estimate of drug-likeness (QED) is 0.0329. The Labute approximate surface area is 323 Å². The maximum absolute atomic E-state index is 12.4. The van der Waals surface area contributed by atoms with Crippen LogP contribution in [0.4, 0.5) is 0 Å². The van der Waals surface area contributed by atoms with Crippen LogP contribution in [0.3, 0.4) is 0 Å². The second-order valence-electron chi connectivity index (χ2n) is 15.7. The van der Waals surface area contributed by atoms with Crippen molar-refractivity contribution in [3.63, 3.8) is 0 Å². The Hall–Kier alpha value is -1.40. The fourth-order valence-electron chi connectivity index (χ4n) is 6.99. The van der Waals surface area contributed by atoms with E-state index < -0.39 is 12.1 Å². The van der Waals surface area contributed by atoms with Crippen molar-refractivity contribution in [1.29, 1.82) is 0 Å². The van der Waals surface area contributed by atoms with Gasteiger partial charge in [-0.1, -0.05) is 199 Å². The number of rotatable bonds is 42. The standard InChI is InChI=1S/C46H89NO5/c1-3-5-7-9-11-13-15-17-18-19-22-26-30-34-38-44(49)43(42-48)47-45(50)39-35-31-27-23-21-25-29-33-37-41-52-46(51)40-36-32-28-24-20-16-14-12-10-8-6-4-2/h23,27,43-44,48-49H,3-22,24-26,28-42H2,1-2H3,(H,47,50)/b27-23-. The van der Waals surface area contributed by atoms with E-state index in [1.54, 1.807) is 0 Å². The van der Waals surface area contributed by atoms with Crippen molar-refractivity contribution in [2.75, 3.05) is 13.2 Å². The Balaban J connectivity index is 3.55. The summed E-state index contributed by atoms with van der Waals surface area (Å²) in [7, 11) is 0. The molecule has 0 aliphatic rings. The molecular weight excluding hydrogens is 647 g/mol. The number of amides is 1. The third-order valence-corrected chi connectivity index (χ3v) is 10.6. The van der Waals surface area contributed by atoms with Crippen LogP contribution in [0.25, 0.3) is 0 Å². The first kappa shape index (κ1) is 50.6. The Morgan fingerprint density at radius 3 is 1.40 bits per heavy atom. The van der Waals surface area contributed by atoms with Crippen molar-refractivity contribution in [2.24, 2.45) is 0 Å². The van der Waals surface area contributed by atoms with Crippen LogP contribution in [0, 0.1) is 0 Å². The molecule has 0 fully saturated rings. The van der Waals surface area contributed by atoms with Crippen molar-refractivity contribution in [1.82, 2.24) is 5.32 Å². The highest BCUT2D eigenvalue weighted by Gasteiger charge is 2.19. The average molecular weight is 736 g/mol. The summed E-state index contributed by atoms with van der Waals surface area (Å²) in [6, 6.07) is -0.576. The van der Waals surface area contributed by atoms with Gasteiger partial charge in [-0.2, -0.15) is 0 Å². The van der Waals surface area contributed by atoms with Gasteiger partial charge in [-0.05, 0) is 44.9 Å². The molecule has 0 bridgehead atoms. The summed E-state index contributed by atoms with van der Waals surface area (Å²) < 4.78 is 5.42. The van der Waals surface area contributed by atoms with Crippen molar-refractivity contribution in [3.8, 4) is 0 Å². The molecule has 0 aromatic heterocycles. The zero-order chi connectivity index (χ0) is 38.0. The topological polar surface area (TPSA) is 95.9 Å². The minimum atomic E-state index is -0.692. The summed E-state index contributed by atoms with van der Waals surface area (Å²) in [5.74, 6) is -0.130. The van der Waals surface area contributed by atoms with Gasteiger partial charge in [0.1, 0.15) is 0 Å². The van der Waals surface area contributed by atoms with Crippen molar-refractivity contribution in [2.45, 2.75) is 257 Å². The fraction of sp³-hybridized carbons (Fsp3) is 0.913. The zero-order valence-corrected chi connectivity index (χ0v) is 34.8. The highest BCUT2D eigenvalue weighted by molar-refractivity contribution is 5.76. The number of esters is 1. The van der Waals surface area contributed by atoms with E-state index in [1.165, 1.54) is 141 Å². The van der Waals surface area contributed by atoms with Gasteiger partial charge >= 0.3 is 5.97 Å². The molecule has 0 heterocycles. The molecule has 0 rings (SSSR count). The highest BCUT2D eigenvalue weighted by Crippen LogP contribution is 2.16. The minimum absolute atomic E-state index is 0.0352. The molecule has 0 spiro atoms. The second-order valence-corrected chi connectivity index (χ2v) is 15.7. The average Bonchev–Trinajstić information content (AvgIpc) is 3.14. The van der Waals surface area contributed by atoms with Gasteiger partial charge in [-0.25, -0.2) is 0 Å². The van der Waals surface area contributed by atoms with E-state index in [-0.39, 0.29) is 18.5 Å². The molecule has 52 heavy (non-hydrogen) atoms. The molecule has 0 saturated heterocycles. The van der Waals surface area contributed by atoms with E-state index in [1.807, 2.05) is 0 Å². The molecular formula is C46H89NO5. The van der Waals surface area contributed by atoms with Gasteiger partial charge in [-0.15, -0.1) is 0 Å². The number of carbonyl (C=O) groups is 2. The molecule has 6 heteroatoms. The van der Waals surface area contributed by atoms with Crippen LogP contribution in [0.5, 0.6) is 0 Å². The largest absolute Gasteiger partial charge is 0.466 e. The smallest absolute Gasteiger partial charge is 0.305 e. The predicted molar refractivity (Wildman–Crippen MR) is 223 cm³/mol. The third-order valence-electron chi connectivity index (χ3n) is 10.6. The fourth-order valence-corrected chi connectivity index (χ4v) is 6.99. The molecule has 0 saturated carbocycles. The lowest BCUT2D eigenvalue weighted by Crippen LogP contribution is -2.45. The van der Waals surface area contributed by atoms with Gasteiger partial charge in [0.15, 0.2) is 0 Å². The predicted octanol–water partition coefficient (Wildman–Crippen LogP) is 13.0. The van der Waals surface area contributed by atoms with Crippen LogP contribution < -0.4 is 5.32 Å². The second kappa shape index (κ2) is 42.3. The van der Waals surface area contributed by atoms with E-state index in [0.29, 0.717) is 25.9 Å². The lowest BCUT2D eigenvalue weighted by molar-refractivity contribution is -0.143. The molecule has 0 radical (unpaired) electrons. The number of aliphatic hydroxyl groups excluding tert-OH is 2. The lowest BCUT2D eigenvalue weighted by Gasteiger charge is -2.22. The molecule has 0 aliphatic carbocycles. The number of nitrogens with one attached hydrogen (secondary N) is 1. The molecule has 0 aromatic carbocycles. The zero-order valence-electron chi connectivity index (χ0n) is 34.8.